The van der Waals surface area contributed by atoms with E-state index in [9.17, 15) is 4.79 Å². The molecular weight excluding hydrogens is 318 g/mol. The van der Waals surface area contributed by atoms with Gasteiger partial charge in [-0.05, 0) is 34.1 Å². The molecule has 25 heavy (non-hydrogen) atoms. The summed E-state index contributed by atoms with van der Waals surface area (Å²) in [7, 11) is 0. The predicted molar refractivity (Wildman–Crippen MR) is 103 cm³/mol. The lowest BCUT2D eigenvalue weighted by Gasteiger charge is -2.35. The molecule has 1 rings (SSSR count). The molecule has 0 spiro atoms. The molecule has 1 aliphatic heterocycles. The molecule has 0 aromatic rings. The molecule has 1 fully saturated rings. The van der Waals surface area contributed by atoms with Crippen LogP contribution >= 0.6 is 0 Å². The normalized spacial score (nSPS) is 16.7. The van der Waals surface area contributed by atoms with Crippen LogP contribution in [-0.2, 0) is 4.74 Å². The number of unbranched alkanes of at least 4 members (excludes halogenated alkanes) is 1. The summed E-state index contributed by atoms with van der Waals surface area (Å²) in [6.07, 6.45) is 2.07. The molecule has 146 valence electrons. The Morgan fingerprint density at radius 2 is 1.80 bits per heavy atom. The molecule has 0 radical (unpaired) electrons. The summed E-state index contributed by atoms with van der Waals surface area (Å²) in [5.74, 6) is 0.892. The van der Waals surface area contributed by atoms with Gasteiger partial charge in [-0.3, -0.25) is 9.89 Å². The Morgan fingerprint density at radius 3 is 2.36 bits per heavy atom. The lowest BCUT2D eigenvalue weighted by molar-refractivity contribution is 0.0147. The highest BCUT2D eigenvalue weighted by Crippen LogP contribution is 2.11. The van der Waals surface area contributed by atoms with Gasteiger partial charge >= 0.3 is 6.09 Å². The third-order valence-corrected chi connectivity index (χ3v) is 3.87. The van der Waals surface area contributed by atoms with E-state index in [1.807, 2.05) is 20.8 Å². The molecule has 7 heteroatoms. The molecule has 0 atom stereocenters. The van der Waals surface area contributed by atoms with Gasteiger partial charge in [0.15, 0.2) is 5.96 Å². The first-order valence-corrected chi connectivity index (χ1v) is 9.58. The number of amides is 1. The number of rotatable bonds is 7. The fraction of sp³-hybridized carbons (Fsp3) is 0.889. The van der Waals surface area contributed by atoms with Crippen LogP contribution < -0.4 is 10.6 Å². The second-order valence-corrected chi connectivity index (χ2v) is 7.35. The van der Waals surface area contributed by atoms with Crippen LogP contribution in [0.1, 0.15) is 47.5 Å². The van der Waals surface area contributed by atoms with Crippen molar-refractivity contribution in [3.05, 3.63) is 0 Å². The first-order valence-electron chi connectivity index (χ1n) is 9.58. The van der Waals surface area contributed by atoms with E-state index in [0.29, 0.717) is 0 Å². The van der Waals surface area contributed by atoms with Crippen LogP contribution in [0.2, 0.25) is 0 Å². The Labute approximate surface area is 153 Å². The van der Waals surface area contributed by atoms with Crippen molar-refractivity contribution in [2.24, 2.45) is 4.99 Å². The fourth-order valence-electron chi connectivity index (χ4n) is 2.50. The summed E-state index contributed by atoms with van der Waals surface area (Å²) < 4.78 is 5.43. The largest absolute Gasteiger partial charge is 0.444 e. The second kappa shape index (κ2) is 11.2. The van der Waals surface area contributed by atoms with E-state index in [-0.39, 0.29) is 6.09 Å². The smallest absolute Gasteiger partial charge is 0.410 e. The summed E-state index contributed by atoms with van der Waals surface area (Å²) in [6, 6.07) is 0. The van der Waals surface area contributed by atoms with E-state index in [4.69, 9.17) is 4.74 Å². The van der Waals surface area contributed by atoms with Crippen molar-refractivity contribution >= 4 is 12.1 Å². The molecular formula is C18H37N5O2. The summed E-state index contributed by atoms with van der Waals surface area (Å²) in [5, 5.41) is 6.66. The second-order valence-electron chi connectivity index (χ2n) is 7.35. The van der Waals surface area contributed by atoms with Crippen LogP contribution in [0.15, 0.2) is 4.99 Å². The number of nitrogens with zero attached hydrogens (tertiary/aromatic N) is 3. The topological polar surface area (TPSA) is 69.2 Å². The quantitative estimate of drug-likeness (QED) is 0.415. The third kappa shape index (κ3) is 9.53. The number of ether oxygens (including phenoxy) is 1. The van der Waals surface area contributed by atoms with Crippen molar-refractivity contribution in [3.8, 4) is 0 Å². The highest BCUT2D eigenvalue weighted by atomic mass is 16.6. The number of carbonyl (C=O) groups excluding carboxylic acids is 1. The first-order chi connectivity index (χ1) is 11.9. The summed E-state index contributed by atoms with van der Waals surface area (Å²) in [5.41, 5.74) is -0.433. The number of piperazine rings is 1. The Kier molecular flexibility index (Phi) is 9.63. The zero-order valence-corrected chi connectivity index (χ0v) is 16.7. The monoisotopic (exact) mass is 355 g/mol. The molecule has 0 aromatic heterocycles. The molecule has 0 saturated carbocycles. The van der Waals surface area contributed by atoms with Crippen LogP contribution in [0, 0.1) is 0 Å². The van der Waals surface area contributed by atoms with Crippen molar-refractivity contribution < 1.29 is 9.53 Å². The van der Waals surface area contributed by atoms with E-state index >= 15 is 0 Å². The van der Waals surface area contributed by atoms with Crippen molar-refractivity contribution in [3.63, 3.8) is 0 Å². The number of hydrogen-bond acceptors (Lipinski definition) is 4. The summed E-state index contributed by atoms with van der Waals surface area (Å²) >= 11 is 0. The minimum absolute atomic E-state index is 0.206. The molecule has 0 unspecified atom stereocenters. The van der Waals surface area contributed by atoms with Crippen molar-refractivity contribution in [2.75, 3.05) is 52.4 Å². The van der Waals surface area contributed by atoms with E-state index in [1.165, 1.54) is 0 Å². The molecule has 0 aliphatic carbocycles. The standard InChI is InChI=1S/C18H37N5O2/c1-6-8-9-20-16(19-7-2)21-10-11-22-12-14-23(15-13-22)17(24)25-18(3,4)5/h6-15H2,1-5H3,(H2,19,20,21). The minimum Gasteiger partial charge on any atom is -0.444 e. The van der Waals surface area contributed by atoms with E-state index < -0.39 is 5.60 Å². The average Bonchev–Trinajstić information content (AvgIpc) is 2.54. The Hall–Kier alpha value is -1.50. The zero-order chi connectivity index (χ0) is 18.7. The van der Waals surface area contributed by atoms with Crippen LogP contribution in [0.4, 0.5) is 4.79 Å². The van der Waals surface area contributed by atoms with Gasteiger partial charge in [-0.25, -0.2) is 4.79 Å². The van der Waals surface area contributed by atoms with Crippen molar-refractivity contribution in [1.29, 1.82) is 0 Å². The maximum Gasteiger partial charge on any atom is 0.410 e. The highest BCUT2D eigenvalue weighted by molar-refractivity contribution is 5.79. The Morgan fingerprint density at radius 1 is 1.12 bits per heavy atom. The molecule has 1 saturated heterocycles. The molecule has 1 amide bonds. The van der Waals surface area contributed by atoms with Gasteiger partial charge in [0.2, 0.25) is 0 Å². The first kappa shape index (κ1) is 21.5. The Balaban J connectivity index is 2.27. The number of hydrogen-bond donors (Lipinski definition) is 2. The highest BCUT2D eigenvalue weighted by Gasteiger charge is 2.25. The van der Waals surface area contributed by atoms with Crippen LogP contribution in [-0.4, -0.2) is 79.8 Å². The molecule has 0 aromatic carbocycles. The van der Waals surface area contributed by atoms with Crippen molar-refractivity contribution in [1.82, 2.24) is 20.4 Å². The van der Waals surface area contributed by atoms with Gasteiger partial charge in [0, 0.05) is 52.4 Å². The molecule has 2 N–H and O–H groups in total. The van der Waals surface area contributed by atoms with Gasteiger partial charge < -0.3 is 20.3 Å². The SMILES string of the molecule is CCCCN=C(NCC)NCCN1CCN(C(=O)OC(C)(C)C)CC1. The lowest BCUT2D eigenvalue weighted by Crippen LogP contribution is -2.51. The average molecular weight is 356 g/mol. The summed E-state index contributed by atoms with van der Waals surface area (Å²) in [4.78, 5) is 20.8. The van der Waals surface area contributed by atoms with Crippen LogP contribution in [0.25, 0.3) is 0 Å². The molecule has 1 heterocycles. The van der Waals surface area contributed by atoms with Gasteiger partial charge in [-0.2, -0.15) is 0 Å². The number of aliphatic imine (C=N–C) groups is 1. The third-order valence-electron chi connectivity index (χ3n) is 3.87. The molecule has 1 aliphatic rings. The molecule has 0 bridgehead atoms. The fourth-order valence-corrected chi connectivity index (χ4v) is 2.50. The summed E-state index contributed by atoms with van der Waals surface area (Å²) in [6.45, 7) is 16.7. The van der Waals surface area contributed by atoms with Gasteiger partial charge in [0.1, 0.15) is 5.60 Å². The van der Waals surface area contributed by atoms with Crippen molar-refractivity contribution in [2.45, 2.75) is 53.1 Å². The van der Waals surface area contributed by atoms with Gasteiger partial charge in [-0.15, -0.1) is 0 Å². The zero-order valence-electron chi connectivity index (χ0n) is 16.7. The van der Waals surface area contributed by atoms with E-state index in [1.54, 1.807) is 4.90 Å². The predicted octanol–water partition coefficient (Wildman–Crippen LogP) is 1.89. The number of nitrogens with one attached hydrogen (secondary N) is 2. The number of carbonyl (C=O) groups is 1. The van der Waals surface area contributed by atoms with Crippen LogP contribution in [0.5, 0.6) is 0 Å². The van der Waals surface area contributed by atoms with Gasteiger partial charge in [0.05, 0.1) is 0 Å². The number of guanidine groups is 1. The maximum atomic E-state index is 12.1. The van der Waals surface area contributed by atoms with Gasteiger partial charge in [0.25, 0.3) is 0 Å². The lowest BCUT2D eigenvalue weighted by atomic mass is 10.2. The van der Waals surface area contributed by atoms with E-state index in [2.05, 4.69) is 34.4 Å². The molecule has 7 nitrogen and oxygen atoms in total. The minimum atomic E-state index is -0.433. The maximum absolute atomic E-state index is 12.1. The van der Waals surface area contributed by atoms with Crippen LogP contribution in [0.3, 0.4) is 0 Å². The Bertz CT molecular complexity index is 412. The van der Waals surface area contributed by atoms with Gasteiger partial charge in [-0.1, -0.05) is 13.3 Å². The van der Waals surface area contributed by atoms with E-state index in [0.717, 1.165) is 71.2 Å².